The van der Waals surface area contributed by atoms with Gasteiger partial charge in [-0.2, -0.15) is 0 Å². The third kappa shape index (κ3) is 4.84. The summed E-state index contributed by atoms with van der Waals surface area (Å²) in [6.07, 6.45) is 8.45. The van der Waals surface area contributed by atoms with Crippen molar-refractivity contribution in [3.05, 3.63) is 41.5 Å². The summed E-state index contributed by atoms with van der Waals surface area (Å²) >= 11 is 0. The molecule has 2 aliphatic rings. The predicted octanol–water partition coefficient (Wildman–Crippen LogP) is 3.29. The van der Waals surface area contributed by atoms with E-state index in [-0.39, 0.29) is 18.0 Å². The lowest BCUT2D eigenvalue weighted by Gasteiger charge is -2.18. The van der Waals surface area contributed by atoms with Gasteiger partial charge in [-0.3, -0.25) is 4.79 Å². The third-order valence-electron chi connectivity index (χ3n) is 4.92. The first-order chi connectivity index (χ1) is 12.1. The minimum atomic E-state index is -0.181. The average molecular weight is 341 g/mol. The number of amides is 3. The average Bonchev–Trinajstić information content (AvgIpc) is 2.96. The van der Waals surface area contributed by atoms with E-state index < -0.39 is 0 Å². The van der Waals surface area contributed by atoms with Crippen molar-refractivity contribution in [1.29, 1.82) is 0 Å². The molecule has 0 radical (unpaired) electrons. The summed E-state index contributed by atoms with van der Waals surface area (Å²) in [5, 5.41) is 5.84. The van der Waals surface area contributed by atoms with Crippen molar-refractivity contribution < 1.29 is 9.59 Å². The molecule has 1 saturated heterocycles. The van der Waals surface area contributed by atoms with Gasteiger partial charge in [0.2, 0.25) is 5.91 Å². The van der Waals surface area contributed by atoms with Crippen LogP contribution in [0.25, 0.3) is 0 Å². The molecule has 1 aliphatic heterocycles. The number of carbonyl (C=O) groups is 2. The number of hydrogen-bond donors (Lipinski definition) is 2. The van der Waals surface area contributed by atoms with Crippen molar-refractivity contribution in [3.8, 4) is 0 Å². The Balaban J connectivity index is 1.43. The zero-order valence-corrected chi connectivity index (χ0v) is 14.9. The fourth-order valence-corrected chi connectivity index (χ4v) is 3.48. The highest BCUT2D eigenvalue weighted by atomic mass is 16.2. The summed E-state index contributed by atoms with van der Waals surface area (Å²) < 4.78 is 0. The molecule has 1 aliphatic carbocycles. The second-order valence-corrected chi connectivity index (χ2v) is 7.00. The van der Waals surface area contributed by atoms with Crippen LogP contribution in [0.5, 0.6) is 0 Å². The zero-order valence-electron chi connectivity index (χ0n) is 14.9. The van der Waals surface area contributed by atoms with Crippen molar-refractivity contribution in [2.24, 2.45) is 0 Å². The Kier molecular flexibility index (Phi) is 5.74. The molecule has 1 unspecified atom stereocenters. The number of allylic oxidation sites excluding steroid dienone is 1. The summed E-state index contributed by atoms with van der Waals surface area (Å²) in [6.45, 7) is 3.20. The van der Waals surface area contributed by atoms with Gasteiger partial charge in [-0.1, -0.05) is 29.3 Å². The number of carbonyl (C=O) groups excluding carboxylic acids is 2. The number of rotatable bonds is 5. The first-order valence-electron chi connectivity index (χ1n) is 9.21. The van der Waals surface area contributed by atoms with Crippen molar-refractivity contribution in [1.82, 2.24) is 10.6 Å². The molecule has 0 aromatic heterocycles. The molecule has 1 fully saturated rings. The minimum Gasteiger partial charge on any atom is -0.338 e. The van der Waals surface area contributed by atoms with Crippen LogP contribution < -0.4 is 15.5 Å². The van der Waals surface area contributed by atoms with Crippen molar-refractivity contribution in [2.45, 2.75) is 51.5 Å². The molecule has 5 heteroatoms. The lowest BCUT2D eigenvalue weighted by Crippen LogP contribution is -2.43. The predicted molar refractivity (Wildman–Crippen MR) is 99.6 cm³/mol. The molecule has 2 N–H and O–H groups in total. The number of anilines is 1. The smallest absolute Gasteiger partial charge is 0.315 e. The first-order valence-corrected chi connectivity index (χ1v) is 9.21. The first kappa shape index (κ1) is 17.5. The third-order valence-corrected chi connectivity index (χ3v) is 4.92. The van der Waals surface area contributed by atoms with Gasteiger partial charge in [-0.05, 0) is 51.2 Å². The summed E-state index contributed by atoms with van der Waals surface area (Å²) in [4.78, 5) is 26.0. The monoisotopic (exact) mass is 341 g/mol. The van der Waals surface area contributed by atoms with Crippen molar-refractivity contribution >= 4 is 17.6 Å². The second kappa shape index (κ2) is 8.19. The van der Waals surface area contributed by atoms with Gasteiger partial charge in [-0.15, -0.1) is 0 Å². The molecule has 1 atom stereocenters. The van der Waals surface area contributed by atoms with E-state index in [1.807, 2.05) is 31.2 Å². The largest absolute Gasteiger partial charge is 0.338 e. The van der Waals surface area contributed by atoms with Crippen molar-refractivity contribution in [2.75, 3.05) is 18.0 Å². The number of nitrogens with one attached hydrogen (secondary N) is 2. The van der Waals surface area contributed by atoms with Crippen LogP contribution in [0, 0.1) is 6.92 Å². The Bertz CT molecular complexity index is 651. The van der Waals surface area contributed by atoms with E-state index in [0.29, 0.717) is 19.5 Å². The van der Waals surface area contributed by atoms with E-state index in [1.54, 1.807) is 4.90 Å². The van der Waals surface area contributed by atoms with E-state index in [9.17, 15) is 9.59 Å². The minimum absolute atomic E-state index is 0.0570. The van der Waals surface area contributed by atoms with E-state index >= 15 is 0 Å². The van der Waals surface area contributed by atoms with E-state index in [0.717, 1.165) is 24.1 Å². The molecule has 1 aromatic carbocycles. The SMILES string of the molecule is Cc1ccc(N2CC(NC(=O)NCCC3=CCCCC3)CC2=O)cc1. The highest BCUT2D eigenvalue weighted by Crippen LogP contribution is 2.22. The number of nitrogens with zero attached hydrogens (tertiary/aromatic N) is 1. The molecule has 1 aromatic rings. The normalized spacial score (nSPS) is 20.4. The molecular weight excluding hydrogens is 314 g/mol. The van der Waals surface area contributed by atoms with Crippen LogP contribution in [-0.2, 0) is 4.79 Å². The molecule has 0 saturated carbocycles. The maximum absolute atomic E-state index is 12.2. The van der Waals surface area contributed by atoms with Gasteiger partial charge in [0, 0.05) is 25.2 Å². The van der Waals surface area contributed by atoms with Crippen LogP contribution in [0.4, 0.5) is 10.5 Å². The zero-order chi connectivity index (χ0) is 17.6. The van der Waals surface area contributed by atoms with Gasteiger partial charge in [0.25, 0.3) is 0 Å². The number of urea groups is 1. The summed E-state index contributed by atoms with van der Waals surface area (Å²) in [6, 6.07) is 7.58. The van der Waals surface area contributed by atoms with Gasteiger partial charge in [0.1, 0.15) is 0 Å². The maximum atomic E-state index is 12.2. The van der Waals surface area contributed by atoms with Gasteiger partial charge < -0.3 is 15.5 Å². The summed E-state index contributed by atoms with van der Waals surface area (Å²) in [5.74, 6) is 0.0570. The number of aryl methyl sites for hydroxylation is 1. The standard InChI is InChI=1S/C20H27N3O2/c1-15-7-9-18(10-8-15)23-14-17(13-19(23)24)22-20(25)21-12-11-16-5-3-2-4-6-16/h5,7-10,17H,2-4,6,11-14H2,1H3,(H2,21,22,25). The Labute approximate surface area is 149 Å². The van der Waals surface area contributed by atoms with Gasteiger partial charge >= 0.3 is 6.03 Å². The molecule has 134 valence electrons. The lowest BCUT2D eigenvalue weighted by atomic mass is 9.97. The van der Waals surface area contributed by atoms with Crippen LogP contribution in [-0.4, -0.2) is 31.1 Å². The van der Waals surface area contributed by atoms with Gasteiger partial charge in [0.05, 0.1) is 6.04 Å². The molecule has 3 amide bonds. The highest BCUT2D eigenvalue weighted by Gasteiger charge is 2.31. The van der Waals surface area contributed by atoms with E-state index in [4.69, 9.17) is 0 Å². The number of hydrogen-bond acceptors (Lipinski definition) is 2. The van der Waals surface area contributed by atoms with Gasteiger partial charge in [-0.25, -0.2) is 4.79 Å². The van der Waals surface area contributed by atoms with E-state index in [1.165, 1.54) is 24.8 Å². The van der Waals surface area contributed by atoms with Crippen LogP contribution in [0.2, 0.25) is 0 Å². The molecule has 5 nitrogen and oxygen atoms in total. The van der Waals surface area contributed by atoms with Crippen LogP contribution >= 0.6 is 0 Å². The molecule has 3 rings (SSSR count). The fourth-order valence-electron chi connectivity index (χ4n) is 3.48. The van der Waals surface area contributed by atoms with Crippen molar-refractivity contribution in [3.63, 3.8) is 0 Å². The molecule has 1 heterocycles. The van der Waals surface area contributed by atoms with E-state index in [2.05, 4.69) is 16.7 Å². The molecular formula is C20H27N3O2. The Hall–Kier alpha value is -2.30. The molecule has 0 spiro atoms. The quantitative estimate of drug-likeness (QED) is 0.807. The second-order valence-electron chi connectivity index (χ2n) is 7.00. The summed E-state index contributed by atoms with van der Waals surface area (Å²) in [5.41, 5.74) is 3.51. The van der Waals surface area contributed by atoms with Crippen LogP contribution in [0.3, 0.4) is 0 Å². The lowest BCUT2D eigenvalue weighted by molar-refractivity contribution is -0.117. The molecule has 25 heavy (non-hydrogen) atoms. The Morgan fingerprint density at radius 1 is 1.24 bits per heavy atom. The van der Waals surface area contributed by atoms with Crippen LogP contribution in [0.15, 0.2) is 35.9 Å². The topological polar surface area (TPSA) is 61.4 Å². The Morgan fingerprint density at radius 2 is 2.04 bits per heavy atom. The number of benzene rings is 1. The maximum Gasteiger partial charge on any atom is 0.315 e. The summed E-state index contributed by atoms with van der Waals surface area (Å²) in [7, 11) is 0. The Morgan fingerprint density at radius 3 is 2.76 bits per heavy atom. The van der Waals surface area contributed by atoms with Crippen LogP contribution in [0.1, 0.15) is 44.1 Å². The molecule has 0 bridgehead atoms. The highest BCUT2D eigenvalue weighted by molar-refractivity contribution is 5.96. The van der Waals surface area contributed by atoms with Gasteiger partial charge in [0.15, 0.2) is 0 Å². The fraction of sp³-hybridized carbons (Fsp3) is 0.500.